The lowest BCUT2D eigenvalue weighted by Crippen LogP contribution is -2.55. The maximum atomic E-state index is 13.5. The number of amides is 7. The van der Waals surface area contributed by atoms with Gasteiger partial charge in [-0.3, -0.25) is 14.4 Å². The Bertz CT molecular complexity index is 1840. The van der Waals surface area contributed by atoms with E-state index in [1.54, 1.807) is 30.3 Å². The summed E-state index contributed by atoms with van der Waals surface area (Å²) in [6.07, 6.45) is 2.98. The molecule has 2 aromatic carbocycles. The average molecular weight is 784 g/mol. The smallest absolute Gasteiger partial charge is 0.329 e. The fourth-order valence-electron chi connectivity index (χ4n) is 7.45. The molecular weight excluding hydrogens is 735 g/mol. The Morgan fingerprint density at radius 1 is 1.00 bits per heavy atom. The number of ether oxygens (including phenoxy) is 1. The molecule has 0 aliphatic carbocycles. The number of sulfonamides is 1. The first-order valence-electron chi connectivity index (χ1n) is 18.4. The van der Waals surface area contributed by atoms with E-state index in [-0.39, 0.29) is 73.1 Å². The molecule has 0 radical (unpaired) electrons. The summed E-state index contributed by atoms with van der Waals surface area (Å²) in [6.45, 7) is 6.10. The Balaban J connectivity index is 0.900. The van der Waals surface area contributed by atoms with Crippen molar-refractivity contribution in [3.63, 3.8) is 0 Å². The fourth-order valence-corrected chi connectivity index (χ4v) is 10.4. The van der Waals surface area contributed by atoms with Gasteiger partial charge in [0.15, 0.2) is 0 Å². The summed E-state index contributed by atoms with van der Waals surface area (Å²) < 4.78 is 34.4. The van der Waals surface area contributed by atoms with Crippen LogP contribution in [0.3, 0.4) is 0 Å². The molecule has 5 N–H and O–H groups in total. The van der Waals surface area contributed by atoms with Crippen molar-refractivity contribution in [2.45, 2.75) is 98.8 Å². The number of hydrogen-bond donors (Lipinski definition) is 5. The van der Waals surface area contributed by atoms with Crippen LogP contribution >= 0.6 is 11.8 Å². The number of carbonyl (C=O) groups is 5. The summed E-state index contributed by atoms with van der Waals surface area (Å²) in [5, 5.41) is 14.9. The number of benzene rings is 2. The van der Waals surface area contributed by atoms with E-state index in [0.717, 1.165) is 29.9 Å². The van der Waals surface area contributed by atoms with Gasteiger partial charge in [0, 0.05) is 49.2 Å². The normalized spacial score (nSPS) is 23.1. The molecule has 17 heteroatoms. The van der Waals surface area contributed by atoms with E-state index in [0.29, 0.717) is 23.9 Å². The van der Waals surface area contributed by atoms with Crippen LogP contribution in [0, 0.1) is 0 Å². The third kappa shape index (κ3) is 8.85. The van der Waals surface area contributed by atoms with E-state index >= 15 is 0 Å². The Morgan fingerprint density at radius 3 is 2.41 bits per heavy atom. The first kappa shape index (κ1) is 39.5. The maximum Gasteiger partial charge on any atom is 0.329 e. The molecule has 4 fully saturated rings. The summed E-state index contributed by atoms with van der Waals surface area (Å²) in [6, 6.07) is 14.0. The lowest BCUT2D eigenvalue weighted by molar-refractivity contribution is -0.123. The van der Waals surface area contributed by atoms with E-state index in [1.807, 2.05) is 32.5 Å². The van der Waals surface area contributed by atoms with Crippen molar-refractivity contribution < 1.29 is 37.1 Å². The number of nitrogens with one attached hydrogen (secondary N) is 5. The highest BCUT2D eigenvalue weighted by molar-refractivity contribution is 8.00. The Kier molecular flexibility index (Phi) is 11.9. The van der Waals surface area contributed by atoms with Crippen LogP contribution in [0.2, 0.25) is 0 Å². The highest BCUT2D eigenvalue weighted by Gasteiger charge is 2.54. The molecule has 15 nitrogen and oxygen atoms in total. The molecule has 292 valence electrons. The molecule has 0 saturated carbocycles. The van der Waals surface area contributed by atoms with Crippen molar-refractivity contribution in [2.24, 2.45) is 0 Å². The van der Waals surface area contributed by atoms with Gasteiger partial charge in [0.25, 0.3) is 11.8 Å². The maximum absolute atomic E-state index is 13.5. The first-order chi connectivity index (χ1) is 25.7. The van der Waals surface area contributed by atoms with Crippen LogP contribution in [0.25, 0.3) is 0 Å². The number of urea groups is 2. The highest BCUT2D eigenvalue weighted by atomic mass is 32.2. The van der Waals surface area contributed by atoms with E-state index in [4.69, 9.17) is 4.74 Å². The van der Waals surface area contributed by atoms with Crippen LogP contribution in [0.5, 0.6) is 0 Å². The van der Waals surface area contributed by atoms with Gasteiger partial charge in [-0.2, -0.15) is 16.1 Å². The number of rotatable bonds is 15. The summed E-state index contributed by atoms with van der Waals surface area (Å²) in [5.41, 5.74) is -1.19. The van der Waals surface area contributed by atoms with Gasteiger partial charge in [-0.25, -0.2) is 22.9 Å². The number of unbranched alkanes of at least 4 members (excludes halogenated alkanes) is 1. The topological polar surface area (TPSA) is 195 Å². The van der Waals surface area contributed by atoms with E-state index in [9.17, 15) is 32.4 Å². The standard InChI is InChI=1S/C37H49N7O8S2/c1-24(21-38-30(45)12-8-7-11-29-31-28(22-53-29)40-34(48)41-31)52-36(2,3)23-39-32(46)25-13-15-27(16-14-25)54(50,51)43-19-17-37(18-20-43)33(47)44(35(49)42-37)26-9-5-4-6-10-26/h4-6,9-10,13-16,24,28-29,31H,7-8,11-12,17-23H2,1-3H3,(H,38,45)(H,39,46)(H,42,49)(H2,40,41,48)/t24?,28-,29-,31-/m0/s1. The number of para-hydroxylation sites is 1. The van der Waals surface area contributed by atoms with Crippen molar-refractivity contribution in [3.05, 3.63) is 60.2 Å². The number of nitrogens with zero attached hydrogens (tertiary/aromatic N) is 2. The molecule has 0 bridgehead atoms. The van der Waals surface area contributed by atoms with Crippen LogP contribution in [-0.2, 0) is 24.3 Å². The Hall–Kier alpha value is -4.19. The zero-order chi connectivity index (χ0) is 38.7. The van der Waals surface area contributed by atoms with Crippen molar-refractivity contribution >= 4 is 57.3 Å². The highest BCUT2D eigenvalue weighted by Crippen LogP contribution is 2.35. The largest absolute Gasteiger partial charge is 0.369 e. The third-order valence-corrected chi connectivity index (χ3v) is 13.8. The molecule has 4 heterocycles. The van der Waals surface area contributed by atoms with Gasteiger partial charge >= 0.3 is 12.1 Å². The lowest BCUT2D eigenvalue weighted by Gasteiger charge is -2.36. The predicted molar refractivity (Wildman–Crippen MR) is 204 cm³/mol. The van der Waals surface area contributed by atoms with Gasteiger partial charge < -0.3 is 31.3 Å². The molecule has 1 spiro atoms. The van der Waals surface area contributed by atoms with Crippen molar-refractivity contribution in [2.75, 3.05) is 36.8 Å². The van der Waals surface area contributed by atoms with Crippen LogP contribution in [0.4, 0.5) is 15.3 Å². The summed E-state index contributed by atoms with van der Waals surface area (Å²) in [7, 11) is -3.92. The van der Waals surface area contributed by atoms with Crippen LogP contribution in [-0.4, -0.2) is 109 Å². The van der Waals surface area contributed by atoms with Gasteiger partial charge in [0.1, 0.15) is 5.54 Å². The number of imide groups is 1. The number of anilines is 1. The SMILES string of the molecule is CC(CNC(=O)CCCC[C@@H]1SC[C@@H]2NC(=O)N[C@@H]21)OC(C)(C)CNC(=O)c1ccc(S(=O)(=O)N2CCC3(CC2)NC(=O)N(c2ccccc2)C3=O)cc1. The second-order valence-corrected chi connectivity index (χ2v) is 18.2. The van der Waals surface area contributed by atoms with Gasteiger partial charge in [-0.15, -0.1) is 0 Å². The average Bonchev–Trinajstić information content (AvgIpc) is 3.78. The number of fused-ring (bicyclic) bond motifs is 1. The number of thioether (sulfide) groups is 1. The van der Waals surface area contributed by atoms with Crippen molar-refractivity contribution in [1.82, 2.24) is 30.9 Å². The molecule has 1 unspecified atom stereocenters. The first-order valence-corrected chi connectivity index (χ1v) is 20.9. The Morgan fingerprint density at radius 2 is 1.70 bits per heavy atom. The molecule has 7 amide bonds. The minimum Gasteiger partial charge on any atom is -0.369 e. The second kappa shape index (κ2) is 16.3. The Labute approximate surface area is 320 Å². The predicted octanol–water partition coefficient (Wildman–Crippen LogP) is 2.72. The second-order valence-electron chi connectivity index (χ2n) is 15.0. The zero-order valence-electron chi connectivity index (χ0n) is 30.8. The molecule has 4 atom stereocenters. The van der Waals surface area contributed by atoms with Gasteiger partial charge in [-0.05, 0) is 82.9 Å². The monoisotopic (exact) mass is 783 g/mol. The lowest BCUT2D eigenvalue weighted by atomic mass is 9.88. The molecular formula is C37H49N7O8S2. The molecule has 2 aromatic rings. The molecule has 4 saturated heterocycles. The minimum atomic E-state index is -3.92. The summed E-state index contributed by atoms with van der Waals surface area (Å²) in [5.74, 6) is 0.0784. The molecule has 4 aliphatic rings. The zero-order valence-corrected chi connectivity index (χ0v) is 32.4. The van der Waals surface area contributed by atoms with Crippen molar-refractivity contribution in [1.29, 1.82) is 0 Å². The molecule has 4 aliphatic heterocycles. The van der Waals surface area contributed by atoms with Crippen LogP contribution < -0.4 is 31.5 Å². The molecule has 54 heavy (non-hydrogen) atoms. The fraction of sp³-hybridized carbons (Fsp3) is 0.541. The summed E-state index contributed by atoms with van der Waals surface area (Å²) >= 11 is 1.87. The third-order valence-electron chi connectivity index (χ3n) is 10.4. The quantitative estimate of drug-likeness (QED) is 0.103. The minimum absolute atomic E-state index is 0.0183. The van der Waals surface area contributed by atoms with Crippen LogP contribution in [0.15, 0.2) is 59.5 Å². The van der Waals surface area contributed by atoms with Gasteiger partial charge in [0.2, 0.25) is 15.9 Å². The van der Waals surface area contributed by atoms with E-state index in [2.05, 4.69) is 26.6 Å². The van der Waals surface area contributed by atoms with Crippen LogP contribution in [0.1, 0.15) is 69.7 Å². The number of hydrogen-bond acceptors (Lipinski definition) is 9. The summed E-state index contributed by atoms with van der Waals surface area (Å²) in [4.78, 5) is 64.2. The van der Waals surface area contributed by atoms with Gasteiger partial charge in [-0.1, -0.05) is 24.6 Å². The van der Waals surface area contributed by atoms with E-state index < -0.39 is 39.0 Å². The molecule has 0 aromatic heterocycles. The number of carbonyl (C=O) groups excluding carboxylic acids is 5. The molecule has 6 rings (SSSR count). The van der Waals surface area contributed by atoms with Crippen molar-refractivity contribution in [3.8, 4) is 0 Å². The van der Waals surface area contributed by atoms with E-state index in [1.165, 1.54) is 28.6 Å². The number of piperidine rings is 1. The van der Waals surface area contributed by atoms with Gasteiger partial charge in [0.05, 0.1) is 34.4 Å².